The summed E-state index contributed by atoms with van der Waals surface area (Å²) in [4.78, 5) is 2.15. The highest BCUT2D eigenvalue weighted by Gasteiger charge is 2.04. The number of hydrogen-bond acceptors (Lipinski definition) is 3. The van der Waals surface area contributed by atoms with Crippen LogP contribution in [0.2, 0.25) is 5.02 Å². The van der Waals surface area contributed by atoms with E-state index in [1.165, 1.54) is 0 Å². The molecule has 0 aliphatic rings. The third-order valence-corrected chi connectivity index (χ3v) is 3.43. The van der Waals surface area contributed by atoms with Gasteiger partial charge in [0.05, 0.1) is 0 Å². The molecule has 0 unspecified atom stereocenters. The quantitative estimate of drug-likeness (QED) is 0.794. The Morgan fingerprint density at radius 2 is 1.80 bits per heavy atom. The number of ether oxygens (including phenoxy) is 1. The topological polar surface area (TPSA) is 24.5 Å². The van der Waals surface area contributed by atoms with Crippen molar-refractivity contribution in [2.24, 2.45) is 0 Å². The lowest BCUT2D eigenvalue weighted by atomic mass is 10.1. The van der Waals surface area contributed by atoms with Crippen molar-refractivity contribution in [2.75, 3.05) is 40.3 Å². The van der Waals surface area contributed by atoms with Gasteiger partial charge in [-0.1, -0.05) is 35.9 Å². The number of nitrogens with one attached hydrogen (secondary N) is 1. The van der Waals surface area contributed by atoms with E-state index in [0.717, 1.165) is 41.2 Å². The first-order chi connectivity index (χ1) is 9.68. The Kier molecular flexibility index (Phi) is 5.65. The van der Waals surface area contributed by atoms with Gasteiger partial charge in [-0.2, -0.15) is 0 Å². The maximum absolute atomic E-state index is 6.19. The summed E-state index contributed by atoms with van der Waals surface area (Å²) in [7, 11) is 4.13. The fourth-order valence-corrected chi connectivity index (χ4v) is 2.25. The van der Waals surface area contributed by atoms with E-state index in [1.54, 1.807) is 0 Å². The van der Waals surface area contributed by atoms with Crippen molar-refractivity contribution in [1.29, 1.82) is 0 Å². The number of rotatable bonds is 7. The Morgan fingerprint density at radius 1 is 1.05 bits per heavy atom. The molecule has 0 saturated heterocycles. The van der Waals surface area contributed by atoms with Gasteiger partial charge in [0.2, 0.25) is 0 Å². The number of benzene rings is 2. The predicted molar refractivity (Wildman–Crippen MR) is 85.9 cm³/mol. The zero-order chi connectivity index (χ0) is 14.4. The van der Waals surface area contributed by atoms with Crippen molar-refractivity contribution in [2.45, 2.75) is 0 Å². The third kappa shape index (κ3) is 4.10. The molecule has 0 atom stereocenters. The summed E-state index contributed by atoms with van der Waals surface area (Å²) < 4.78 is 5.85. The number of nitrogens with zero attached hydrogens (tertiary/aromatic N) is 1. The van der Waals surface area contributed by atoms with Crippen LogP contribution in [-0.4, -0.2) is 45.2 Å². The van der Waals surface area contributed by atoms with Gasteiger partial charge >= 0.3 is 0 Å². The van der Waals surface area contributed by atoms with Crippen LogP contribution in [0.1, 0.15) is 0 Å². The molecule has 108 valence electrons. The first-order valence-corrected chi connectivity index (χ1v) is 7.22. The van der Waals surface area contributed by atoms with Crippen LogP contribution >= 0.6 is 11.6 Å². The van der Waals surface area contributed by atoms with Crippen molar-refractivity contribution in [1.82, 2.24) is 10.2 Å². The van der Waals surface area contributed by atoms with Gasteiger partial charge in [0, 0.05) is 35.4 Å². The van der Waals surface area contributed by atoms with E-state index in [2.05, 4.69) is 24.3 Å². The summed E-state index contributed by atoms with van der Waals surface area (Å²) >= 11 is 6.19. The summed E-state index contributed by atoms with van der Waals surface area (Å²) in [5.74, 6) is 0.888. The Balaban J connectivity index is 1.89. The molecule has 0 saturated carbocycles. The smallest absolute Gasteiger partial charge is 0.127 e. The Hall–Kier alpha value is -1.29. The van der Waals surface area contributed by atoms with Crippen molar-refractivity contribution >= 4 is 22.4 Å². The van der Waals surface area contributed by atoms with Crippen molar-refractivity contribution in [3.05, 3.63) is 41.4 Å². The molecular weight excluding hydrogens is 272 g/mol. The number of halogens is 1. The Morgan fingerprint density at radius 3 is 2.55 bits per heavy atom. The molecule has 0 aromatic heterocycles. The van der Waals surface area contributed by atoms with Crippen LogP contribution in [-0.2, 0) is 0 Å². The first kappa shape index (κ1) is 15.1. The average Bonchev–Trinajstić information content (AvgIpc) is 2.45. The molecule has 2 aromatic rings. The molecular formula is C16H21ClN2O. The second-order valence-electron chi connectivity index (χ2n) is 4.99. The second-order valence-corrected chi connectivity index (χ2v) is 5.40. The highest BCUT2D eigenvalue weighted by Crippen LogP contribution is 2.31. The zero-order valence-corrected chi connectivity index (χ0v) is 12.8. The molecule has 0 fully saturated rings. The lowest BCUT2D eigenvalue weighted by molar-refractivity contribution is 0.311. The maximum Gasteiger partial charge on any atom is 0.127 e. The number of fused-ring (bicyclic) bond motifs is 1. The van der Waals surface area contributed by atoms with Gasteiger partial charge in [-0.3, -0.25) is 0 Å². The molecule has 2 rings (SSSR count). The van der Waals surface area contributed by atoms with E-state index in [-0.39, 0.29) is 0 Å². The highest BCUT2D eigenvalue weighted by atomic mass is 35.5. The molecule has 0 heterocycles. The molecule has 0 bridgehead atoms. The SMILES string of the molecule is CN(C)CCNCCOc1ccc(Cl)c2ccccc12. The molecule has 4 heteroatoms. The van der Waals surface area contributed by atoms with Crippen LogP contribution in [0.5, 0.6) is 5.75 Å². The Labute approximate surface area is 125 Å². The van der Waals surface area contributed by atoms with E-state index in [4.69, 9.17) is 16.3 Å². The molecule has 3 nitrogen and oxygen atoms in total. The average molecular weight is 293 g/mol. The van der Waals surface area contributed by atoms with Crippen LogP contribution < -0.4 is 10.1 Å². The summed E-state index contributed by atoms with van der Waals surface area (Å²) in [6.07, 6.45) is 0. The fraction of sp³-hybridized carbons (Fsp3) is 0.375. The van der Waals surface area contributed by atoms with Crippen LogP contribution in [0.4, 0.5) is 0 Å². The number of hydrogen-bond donors (Lipinski definition) is 1. The van der Waals surface area contributed by atoms with Crippen LogP contribution in [0.25, 0.3) is 10.8 Å². The minimum absolute atomic E-state index is 0.652. The molecule has 0 spiro atoms. The minimum atomic E-state index is 0.652. The largest absolute Gasteiger partial charge is 0.492 e. The normalized spacial score (nSPS) is 11.2. The standard InChI is InChI=1S/C16H21ClN2O/c1-19(2)11-9-18-10-12-20-16-8-7-15(17)13-5-3-4-6-14(13)16/h3-8,18H,9-12H2,1-2H3. The lowest BCUT2D eigenvalue weighted by Gasteiger charge is -2.12. The van der Waals surface area contributed by atoms with Gasteiger partial charge < -0.3 is 15.0 Å². The molecule has 0 amide bonds. The van der Waals surface area contributed by atoms with Gasteiger partial charge in [0.15, 0.2) is 0 Å². The highest BCUT2D eigenvalue weighted by molar-refractivity contribution is 6.35. The van der Waals surface area contributed by atoms with Crippen molar-refractivity contribution in [3.63, 3.8) is 0 Å². The predicted octanol–water partition coefficient (Wildman–Crippen LogP) is 3.02. The fourth-order valence-electron chi connectivity index (χ4n) is 2.02. The maximum atomic E-state index is 6.19. The van der Waals surface area contributed by atoms with E-state index < -0.39 is 0 Å². The molecule has 20 heavy (non-hydrogen) atoms. The van der Waals surface area contributed by atoms with E-state index >= 15 is 0 Å². The third-order valence-electron chi connectivity index (χ3n) is 3.10. The first-order valence-electron chi connectivity index (χ1n) is 6.84. The molecule has 0 aliphatic heterocycles. The van der Waals surface area contributed by atoms with Crippen LogP contribution in [0.15, 0.2) is 36.4 Å². The van der Waals surface area contributed by atoms with Gasteiger partial charge in [-0.25, -0.2) is 0 Å². The number of likely N-dealkylation sites (N-methyl/N-ethyl adjacent to an activating group) is 1. The monoisotopic (exact) mass is 292 g/mol. The van der Waals surface area contributed by atoms with Gasteiger partial charge in [0.1, 0.15) is 12.4 Å². The Bertz CT molecular complexity index is 557. The molecule has 1 N–H and O–H groups in total. The van der Waals surface area contributed by atoms with E-state index in [0.29, 0.717) is 6.61 Å². The summed E-state index contributed by atoms with van der Waals surface area (Å²) in [5.41, 5.74) is 0. The van der Waals surface area contributed by atoms with Gasteiger partial charge in [0.25, 0.3) is 0 Å². The van der Waals surface area contributed by atoms with Gasteiger partial charge in [-0.05, 0) is 26.2 Å². The molecule has 0 radical (unpaired) electrons. The molecule has 2 aromatic carbocycles. The minimum Gasteiger partial charge on any atom is -0.492 e. The van der Waals surface area contributed by atoms with Gasteiger partial charge in [-0.15, -0.1) is 0 Å². The van der Waals surface area contributed by atoms with Crippen molar-refractivity contribution < 1.29 is 4.74 Å². The lowest BCUT2D eigenvalue weighted by Crippen LogP contribution is -2.29. The van der Waals surface area contributed by atoms with E-state index in [9.17, 15) is 0 Å². The summed E-state index contributed by atoms with van der Waals surface area (Å²) in [6, 6.07) is 11.9. The van der Waals surface area contributed by atoms with Crippen LogP contribution in [0.3, 0.4) is 0 Å². The summed E-state index contributed by atoms with van der Waals surface area (Å²) in [6.45, 7) is 3.49. The van der Waals surface area contributed by atoms with Crippen LogP contribution in [0, 0.1) is 0 Å². The summed E-state index contributed by atoms with van der Waals surface area (Å²) in [5, 5.41) is 6.21. The second kappa shape index (κ2) is 7.48. The van der Waals surface area contributed by atoms with Crippen molar-refractivity contribution in [3.8, 4) is 5.75 Å². The molecule has 0 aliphatic carbocycles. The zero-order valence-electron chi connectivity index (χ0n) is 12.0. The van der Waals surface area contributed by atoms with E-state index in [1.807, 2.05) is 36.4 Å².